The molecule has 8 nitrogen and oxygen atoms in total. The van der Waals surface area contributed by atoms with Gasteiger partial charge in [0.05, 0.1) is 37.2 Å². The van der Waals surface area contributed by atoms with Crippen molar-refractivity contribution < 1.29 is 29.0 Å². The van der Waals surface area contributed by atoms with E-state index in [1.807, 2.05) is 30.3 Å². The van der Waals surface area contributed by atoms with Gasteiger partial charge in [0.25, 0.3) is 0 Å². The van der Waals surface area contributed by atoms with Crippen LogP contribution in [0.4, 0.5) is 0 Å². The monoisotopic (exact) mass is 484 g/mol. The van der Waals surface area contributed by atoms with Crippen molar-refractivity contribution in [3.63, 3.8) is 0 Å². The predicted molar refractivity (Wildman–Crippen MR) is 129 cm³/mol. The number of carbonyl (C=O) groups is 3. The van der Waals surface area contributed by atoms with Gasteiger partial charge in [0.2, 0.25) is 11.8 Å². The molecule has 0 radical (unpaired) electrons. The fourth-order valence-corrected chi connectivity index (χ4v) is 6.21. The number of rotatable bonds is 11. The zero-order valence-corrected chi connectivity index (χ0v) is 20.6. The lowest BCUT2D eigenvalue weighted by molar-refractivity contribution is -0.156. The summed E-state index contributed by atoms with van der Waals surface area (Å²) < 4.78 is 11.8. The number of hydrogen-bond acceptors (Lipinski definition) is 6. The normalized spacial score (nSPS) is 29.7. The molecule has 1 N–H and O–H groups in total. The van der Waals surface area contributed by atoms with Crippen molar-refractivity contribution in [2.75, 3.05) is 26.3 Å². The summed E-state index contributed by atoms with van der Waals surface area (Å²) in [7, 11) is 0. The smallest absolute Gasteiger partial charge is 0.312 e. The van der Waals surface area contributed by atoms with Gasteiger partial charge in [-0.15, -0.1) is 6.58 Å². The quantitative estimate of drug-likeness (QED) is 0.383. The Morgan fingerprint density at radius 1 is 1.34 bits per heavy atom. The number of carbonyl (C=O) groups excluding carboxylic acids is 3. The Kier molecular flexibility index (Phi) is 7.62. The molecule has 8 heteroatoms. The Morgan fingerprint density at radius 2 is 2.09 bits per heavy atom. The third kappa shape index (κ3) is 4.16. The highest BCUT2D eigenvalue weighted by Crippen LogP contribution is 2.60. The van der Waals surface area contributed by atoms with Gasteiger partial charge in [0.15, 0.2) is 0 Å². The molecule has 0 saturated carbocycles. The van der Waals surface area contributed by atoms with Crippen LogP contribution in [-0.2, 0) is 23.9 Å². The molecule has 1 spiro atoms. The van der Waals surface area contributed by atoms with Crippen LogP contribution in [0, 0.1) is 11.8 Å². The van der Waals surface area contributed by atoms with Gasteiger partial charge < -0.3 is 24.4 Å². The van der Waals surface area contributed by atoms with Crippen molar-refractivity contribution in [1.82, 2.24) is 9.80 Å². The molecule has 3 aliphatic heterocycles. The van der Waals surface area contributed by atoms with Gasteiger partial charge in [0, 0.05) is 13.1 Å². The molecular weight excluding hydrogens is 448 g/mol. The average Bonchev–Trinajstić information content (AvgIpc) is 3.50. The molecule has 2 amide bonds. The first-order valence-corrected chi connectivity index (χ1v) is 12.7. The van der Waals surface area contributed by atoms with Gasteiger partial charge in [-0.25, -0.2) is 0 Å². The second-order valence-electron chi connectivity index (χ2n) is 9.59. The molecule has 6 atom stereocenters. The average molecular weight is 485 g/mol. The van der Waals surface area contributed by atoms with Crippen LogP contribution in [0.25, 0.3) is 0 Å². The zero-order valence-electron chi connectivity index (χ0n) is 20.6. The molecule has 2 bridgehead atoms. The highest BCUT2D eigenvalue weighted by Gasteiger charge is 2.75. The Labute approximate surface area is 206 Å². The van der Waals surface area contributed by atoms with Gasteiger partial charge in [0.1, 0.15) is 11.6 Å². The predicted octanol–water partition coefficient (Wildman–Crippen LogP) is 2.47. The molecule has 3 saturated heterocycles. The van der Waals surface area contributed by atoms with Gasteiger partial charge in [-0.1, -0.05) is 49.8 Å². The molecule has 0 aromatic heterocycles. The van der Waals surface area contributed by atoms with Crippen LogP contribution >= 0.6 is 0 Å². The molecule has 3 heterocycles. The molecule has 0 aliphatic carbocycles. The first kappa shape index (κ1) is 25.4. The maximum atomic E-state index is 14.2. The summed E-state index contributed by atoms with van der Waals surface area (Å²) in [6, 6.07) is 7.52. The number of fused-ring (bicyclic) bond motifs is 1. The number of esters is 1. The number of amides is 2. The number of nitrogens with zero attached hydrogens (tertiary/aromatic N) is 2. The van der Waals surface area contributed by atoms with Gasteiger partial charge in [-0.2, -0.15) is 0 Å². The summed E-state index contributed by atoms with van der Waals surface area (Å²) in [5.74, 6) is -2.59. The summed E-state index contributed by atoms with van der Waals surface area (Å²) in [5.41, 5.74) is -0.395. The Hall–Kier alpha value is -2.71. The maximum absolute atomic E-state index is 14.2. The lowest BCUT2D eigenvalue weighted by Crippen LogP contribution is -2.57. The molecule has 190 valence electrons. The highest BCUT2D eigenvalue weighted by molar-refractivity contribution is 5.98. The minimum atomic E-state index is -1.12. The van der Waals surface area contributed by atoms with Crippen molar-refractivity contribution in [3.8, 4) is 0 Å². The van der Waals surface area contributed by atoms with Crippen LogP contribution in [0.1, 0.15) is 51.1 Å². The van der Waals surface area contributed by atoms with E-state index in [1.165, 1.54) is 4.90 Å². The van der Waals surface area contributed by atoms with Crippen LogP contribution in [0.15, 0.2) is 43.0 Å². The lowest BCUT2D eigenvalue weighted by Gasteiger charge is -2.39. The summed E-state index contributed by atoms with van der Waals surface area (Å²) in [4.78, 5) is 44.5. The minimum absolute atomic E-state index is 0.204. The van der Waals surface area contributed by atoms with E-state index in [0.717, 1.165) is 18.4 Å². The number of hydrogen-bond donors (Lipinski definition) is 1. The topological polar surface area (TPSA) is 96.4 Å². The van der Waals surface area contributed by atoms with Gasteiger partial charge in [-0.05, 0) is 31.7 Å². The van der Waals surface area contributed by atoms with E-state index in [1.54, 1.807) is 17.9 Å². The molecule has 0 unspecified atom stereocenters. The van der Waals surface area contributed by atoms with E-state index < -0.39 is 41.6 Å². The Morgan fingerprint density at radius 3 is 2.71 bits per heavy atom. The number of ether oxygens (including phenoxy) is 2. The van der Waals surface area contributed by atoms with E-state index in [4.69, 9.17) is 9.47 Å². The number of unbranched alkanes of at least 4 members (excludes halogenated alkanes) is 1. The maximum Gasteiger partial charge on any atom is 0.312 e. The second-order valence-corrected chi connectivity index (χ2v) is 9.59. The fourth-order valence-electron chi connectivity index (χ4n) is 6.21. The standard InChI is InChI=1S/C27H36N2O6/c1-4-7-16-28(15-5-2)25(32)23-27-14-13-20(35-27)21(26(33)34-6-3)22(27)24(31)29(23)19(17-30)18-11-9-8-10-12-18/h5,8-12,19-23,30H,2,4,6-7,13-17H2,1,3H3/t19-,20+,21-,22-,23+,27-/m1/s1. The second kappa shape index (κ2) is 10.5. The van der Waals surface area contributed by atoms with E-state index in [2.05, 4.69) is 13.5 Å². The molecule has 3 fully saturated rings. The summed E-state index contributed by atoms with van der Waals surface area (Å²) in [6.45, 7) is 8.32. The highest BCUT2D eigenvalue weighted by atomic mass is 16.6. The van der Waals surface area contributed by atoms with Crippen LogP contribution in [0.2, 0.25) is 0 Å². The Bertz CT molecular complexity index is 952. The first-order valence-electron chi connectivity index (χ1n) is 12.7. The molecule has 4 rings (SSSR count). The molecule has 1 aromatic rings. The summed E-state index contributed by atoms with van der Waals surface area (Å²) >= 11 is 0. The SMILES string of the molecule is C=CCN(CCCC)C(=O)[C@@H]1N([C@H](CO)c2ccccc2)C(=O)[C@H]2[C@H](C(=O)OCC)[C@@H]3CC[C@]12O3. The van der Waals surface area contributed by atoms with Gasteiger partial charge >= 0.3 is 5.97 Å². The van der Waals surface area contributed by atoms with Crippen LogP contribution in [-0.4, -0.2) is 76.7 Å². The zero-order chi connectivity index (χ0) is 25.2. The largest absolute Gasteiger partial charge is 0.466 e. The Balaban J connectivity index is 1.81. The summed E-state index contributed by atoms with van der Waals surface area (Å²) in [6.07, 6.45) is 4.03. The van der Waals surface area contributed by atoms with Crippen molar-refractivity contribution in [3.05, 3.63) is 48.6 Å². The van der Waals surface area contributed by atoms with Crippen molar-refractivity contribution in [2.45, 2.75) is 63.3 Å². The molecular formula is C27H36N2O6. The molecule has 3 aliphatic rings. The van der Waals surface area contributed by atoms with Crippen LogP contribution < -0.4 is 0 Å². The number of aliphatic hydroxyl groups excluding tert-OH is 1. The molecule has 35 heavy (non-hydrogen) atoms. The lowest BCUT2D eigenvalue weighted by atomic mass is 9.70. The molecule has 1 aromatic carbocycles. The van der Waals surface area contributed by atoms with E-state index >= 15 is 0 Å². The van der Waals surface area contributed by atoms with E-state index in [9.17, 15) is 19.5 Å². The third-order valence-electron chi connectivity index (χ3n) is 7.67. The number of likely N-dealkylation sites (tertiary alicyclic amines) is 1. The van der Waals surface area contributed by atoms with Crippen molar-refractivity contribution in [2.24, 2.45) is 11.8 Å². The van der Waals surface area contributed by atoms with E-state index in [0.29, 0.717) is 25.9 Å². The fraction of sp³-hybridized carbons (Fsp3) is 0.593. The van der Waals surface area contributed by atoms with Crippen molar-refractivity contribution >= 4 is 17.8 Å². The first-order chi connectivity index (χ1) is 16.9. The third-order valence-corrected chi connectivity index (χ3v) is 7.67. The van der Waals surface area contributed by atoms with Gasteiger partial charge in [-0.3, -0.25) is 14.4 Å². The van der Waals surface area contributed by atoms with Crippen LogP contribution in [0.3, 0.4) is 0 Å². The number of aliphatic hydroxyl groups is 1. The van der Waals surface area contributed by atoms with Crippen molar-refractivity contribution in [1.29, 1.82) is 0 Å². The van der Waals surface area contributed by atoms with Crippen LogP contribution in [0.5, 0.6) is 0 Å². The summed E-state index contributed by atoms with van der Waals surface area (Å²) in [5, 5.41) is 10.5. The number of benzene rings is 1. The van der Waals surface area contributed by atoms with E-state index in [-0.39, 0.29) is 25.0 Å². The minimum Gasteiger partial charge on any atom is -0.466 e.